The molecule has 1 nitrogen and oxygen atoms in total. The van der Waals surface area contributed by atoms with Gasteiger partial charge in [-0.2, -0.15) is 0 Å². The largest absolute Gasteiger partial charge is 0.367 e. The molecule has 1 heteroatoms. The monoisotopic (exact) mass is 142 g/mol. The van der Waals surface area contributed by atoms with Crippen molar-refractivity contribution >= 4 is 0 Å². The summed E-state index contributed by atoms with van der Waals surface area (Å²) in [7, 11) is 0. The fraction of sp³-hybridized carbons (Fsp3) is 1.00. The highest BCUT2D eigenvalue weighted by atomic mass is 16.6. The molecule has 1 atom stereocenters. The van der Waals surface area contributed by atoms with Crippen molar-refractivity contribution < 1.29 is 4.74 Å². The van der Waals surface area contributed by atoms with Crippen LogP contribution in [0.15, 0.2) is 0 Å². The lowest BCUT2D eigenvalue weighted by atomic mass is 10.1. The van der Waals surface area contributed by atoms with Gasteiger partial charge in [-0.05, 0) is 20.3 Å². The van der Waals surface area contributed by atoms with Gasteiger partial charge in [-0.15, -0.1) is 0 Å². The van der Waals surface area contributed by atoms with Crippen LogP contribution in [0.3, 0.4) is 0 Å². The minimum Gasteiger partial charge on any atom is -0.367 e. The molecule has 60 valence electrons. The Morgan fingerprint density at radius 1 is 1.30 bits per heavy atom. The lowest BCUT2D eigenvalue weighted by Crippen LogP contribution is -2.02. The van der Waals surface area contributed by atoms with Crippen LogP contribution in [0.25, 0.3) is 0 Å². The van der Waals surface area contributed by atoms with E-state index in [4.69, 9.17) is 4.74 Å². The third-order valence-corrected chi connectivity index (χ3v) is 2.23. The second-order valence-electron chi connectivity index (χ2n) is 3.71. The molecule has 0 bridgehead atoms. The molecule has 0 amide bonds. The Bertz CT molecular complexity index is 107. The summed E-state index contributed by atoms with van der Waals surface area (Å²) >= 11 is 0. The van der Waals surface area contributed by atoms with Crippen molar-refractivity contribution in [3.05, 3.63) is 0 Å². The minimum atomic E-state index is 0.216. The van der Waals surface area contributed by atoms with E-state index in [1.807, 2.05) is 0 Å². The van der Waals surface area contributed by atoms with E-state index < -0.39 is 0 Å². The molecule has 1 heterocycles. The maximum absolute atomic E-state index is 5.45. The van der Waals surface area contributed by atoms with Crippen molar-refractivity contribution in [3.8, 4) is 0 Å². The van der Waals surface area contributed by atoms with E-state index in [0.717, 1.165) is 0 Å². The Hall–Kier alpha value is -0.0400. The average molecular weight is 142 g/mol. The number of epoxide rings is 1. The molecule has 0 radical (unpaired) electrons. The molecule has 0 aromatic carbocycles. The molecule has 0 N–H and O–H groups in total. The molecule has 1 saturated heterocycles. The quantitative estimate of drug-likeness (QED) is 0.434. The Morgan fingerprint density at radius 3 is 2.30 bits per heavy atom. The van der Waals surface area contributed by atoms with Gasteiger partial charge in [0.2, 0.25) is 0 Å². The van der Waals surface area contributed by atoms with Crippen LogP contribution in [0.2, 0.25) is 0 Å². The molecule has 0 saturated carbocycles. The Balaban J connectivity index is 1.97. The molecule has 1 aliphatic rings. The summed E-state index contributed by atoms with van der Waals surface area (Å²) in [5, 5.41) is 0. The van der Waals surface area contributed by atoms with Gasteiger partial charge >= 0.3 is 0 Å². The van der Waals surface area contributed by atoms with Crippen LogP contribution in [0.1, 0.15) is 46.5 Å². The van der Waals surface area contributed by atoms with Crippen molar-refractivity contribution in [1.29, 1.82) is 0 Å². The van der Waals surface area contributed by atoms with Gasteiger partial charge in [0.1, 0.15) is 0 Å². The standard InChI is InChI=1S/C9H18O/c1-4-5-6-7-8-9(2,3)10-8/h8H,4-7H2,1-3H3/t8-/m1/s1. The smallest absolute Gasteiger partial charge is 0.0892 e. The molecular formula is C9H18O. The fourth-order valence-corrected chi connectivity index (χ4v) is 1.32. The summed E-state index contributed by atoms with van der Waals surface area (Å²) in [4.78, 5) is 0. The number of unbranched alkanes of at least 4 members (excludes halogenated alkanes) is 2. The van der Waals surface area contributed by atoms with Crippen LogP contribution in [0.4, 0.5) is 0 Å². The molecule has 0 aromatic rings. The zero-order chi connectivity index (χ0) is 7.61. The molecule has 0 aromatic heterocycles. The summed E-state index contributed by atoms with van der Waals surface area (Å²) in [6, 6.07) is 0. The predicted octanol–water partition coefficient (Wildman–Crippen LogP) is 2.74. The van der Waals surface area contributed by atoms with Gasteiger partial charge < -0.3 is 4.74 Å². The van der Waals surface area contributed by atoms with E-state index in [1.165, 1.54) is 25.7 Å². The highest BCUT2D eigenvalue weighted by Gasteiger charge is 2.46. The molecule has 1 aliphatic heterocycles. The number of ether oxygens (including phenoxy) is 1. The third-order valence-electron chi connectivity index (χ3n) is 2.23. The first-order chi connectivity index (χ1) is 4.67. The first-order valence-electron chi connectivity index (χ1n) is 4.34. The van der Waals surface area contributed by atoms with Gasteiger partial charge in [0.25, 0.3) is 0 Å². The van der Waals surface area contributed by atoms with Gasteiger partial charge in [-0.1, -0.05) is 26.2 Å². The molecule has 10 heavy (non-hydrogen) atoms. The van der Waals surface area contributed by atoms with E-state index in [-0.39, 0.29) is 5.60 Å². The summed E-state index contributed by atoms with van der Waals surface area (Å²) in [5.74, 6) is 0. The van der Waals surface area contributed by atoms with E-state index >= 15 is 0 Å². The lowest BCUT2D eigenvalue weighted by Gasteiger charge is -1.95. The first-order valence-corrected chi connectivity index (χ1v) is 4.34. The van der Waals surface area contributed by atoms with Crippen molar-refractivity contribution in [3.63, 3.8) is 0 Å². The predicted molar refractivity (Wildman–Crippen MR) is 43.1 cm³/mol. The fourth-order valence-electron chi connectivity index (χ4n) is 1.32. The summed E-state index contributed by atoms with van der Waals surface area (Å²) < 4.78 is 5.45. The molecule has 1 fully saturated rings. The second-order valence-corrected chi connectivity index (χ2v) is 3.71. The maximum Gasteiger partial charge on any atom is 0.0892 e. The topological polar surface area (TPSA) is 12.5 Å². The van der Waals surface area contributed by atoms with Crippen molar-refractivity contribution in [2.24, 2.45) is 0 Å². The normalized spacial score (nSPS) is 28.5. The maximum atomic E-state index is 5.45. The first kappa shape index (κ1) is 8.06. The highest BCUT2D eigenvalue weighted by molar-refractivity contribution is 4.94. The molecule has 1 rings (SSSR count). The summed E-state index contributed by atoms with van der Waals surface area (Å²) in [5.41, 5.74) is 0.216. The van der Waals surface area contributed by atoms with Gasteiger partial charge in [0.05, 0.1) is 11.7 Å². The molecule has 0 unspecified atom stereocenters. The molecule has 0 aliphatic carbocycles. The molecular weight excluding hydrogens is 124 g/mol. The Morgan fingerprint density at radius 2 is 1.90 bits per heavy atom. The number of rotatable bonds is 4. The van der Waals surface area contributed by atoms with Crippen LogP contribution >= 0.6 is 0 Å². The average Bonchev–Trinajstić information content (AvgIpc) is 2.41. The van der Waals surface area contributed by atoms with E-state index in [2.05, 4.69) is 20.8 Å². The van der Waals surface area contributed by atoms with Crippen LogP contribution in [0, 0.1) is 0 Å². The van der Waals surface area contributed by atoms with Crippen molar-refractivity contribution in [1.82, 2.24) is 0 Å². The Labute approximate surface area is 63.8 Å². The van der Waals surface area contributed by atoms with Gasteiger partial charge in [0, 0.05) is 0 Å². The summed E-state index contributed by atoms with van der Waals surface area (Å²) in [6.45, 7) is 6.58. The minimum absolute atomic E-state index is 0.216. The van der Waals surface area contributed by atoms with Gasteiger partial charge in [-0.3, -0.25) is 0 Å². The Kier molecular flexibility index (Phi) is 2.35. The van der Waals surface area contributed by atoms with Gasteiger partial charge in [0.15, 0.2) is 0 Å². The van der Waals surface area contributed by atoms with Crippen molar-refractivity contribution in [2.45, 2.75) is 58.2 Å². The second kappa shape index (κ2) is 2.91. The van der Waals surface area contributed by atoms with Crippen LogP contribution < -0.4 is 0 Å². The zero-order valence-corrected chi connectivity index (χ0v) is 7.31. The molecule has 0 spiro atoms. The van der Waals surface area contributed by atoms with Crippen molar-refractivity contribution in [2.75, 3.05) is 0 Å². The highest BCUT2D eigenvalue weighted by Crippen LogP contribution is 2.38. The third kappa shape index (κ3) is 1.98. The van der Waals surface area contributed by atoms with Crippen LogP contribution in [0.5, 0.6) is 0 Å². The van der Waals surface area contributed by atoms with E-state index in [0.29, 0.717) is 6.10 Å². The number of hydrogen-bond acceptors (Lipinski definition) is 1. The van der Waals surface area contributed by atoms with E-state index in [9.17, 15) is 0 Å². The lowest BCUT2D eigenvalue weighted by molar-refractivity contribution is 0.318. The zero-order valence-electron chi connectivity index (χ0n) is 7.31. The van der Waals surface area contributed by atoms with E-state index in [1.54, 1.807) is 0 Å². The SMILES string of the molecule is CCCCC[C@H]1OC1(C)C. The van der Waals surface area contributed by atoms with Crippen LogP contribution in [-0.4, -0.2) is 11.7 Å². The number of hydrogen-bond donors (Lipinski definition) is 0. The summed E-state index contributed by atoms with van der Waals surface area (Å²) in [6.07, 6.45) is 5.84. The van der Waals surface area contributed by atoms with Crippen LogP contribution in [-0.2, 0) is 4.74 Å². The van der Waals surface area contributed by atoms with Gasteiger partial charge in [-0.25, -0.2) is 0 Å².